The minimum Gasteiger partial charge on any atom is -0.361 e. The quantitative estimate of drug-likeness (QED) is 0.730. The highest BCUT2D eigenvalue weighted by Crippen LogP contribution is 2.19. The third kappa shape index (κ3) is 3.79. The van der Waals surface area contributed by atoms with Gasteiger partial charge in [0, 0.05) is 11.1 Å². The normalized spacial score (nSPS) is 12.3. The summed E-state index contributed by atoms with van der Waals surface area (Å²) in [4.78, 5) is 14.0. The van der Waals surface area contributed by atoms with Gasteiger partial charge in [0.25, 0.3) is 5.91 Å². The maximum absolute atomic E-state index is 12.5. The molecule has 8 heteroatoms. The van der Waals surface area contributed by atoms with E-state index >= 15 is 0 Å². The summed E-state index contributed by atoms with van der Waals surface area (Å²) >= 11 is 0. The SMILES string of the molecule is Cc1noc(C)c1Cn1nnc(C(NC(=O)c2ccccc2)C(C)C)n1. The number of benzene rings is 1. The molecule has 0 spiro atoms. The second-order valence-corrected chi connectivity index (χ2v) is 6.54. The number of amides is 1. The van der Waals surface area contributed by atoms with Crippen LogP contribution >= 0.6 is 0 Å². The number of tetrazole rings is 1. The van der Waals surface area contributed by atoms with E-state index in [2.05, 4.69) is 25.9 Å². The van der Waals surface area contributed by atoms with Crippen molar-refractivity contribution in [1.82, 2.24) is 30.7 Å². The maximum Gasteiger partial charge on any atom is 0.251 e. The predicted molar refractivity (Wildman–Crippen MR) is 94.4 cm³/mol. The van der Waals surface area contributed by atoms with Crippen LogP contribution in [0.5, 0.6) is 0 Å². The third-order valence-corrected chi connectivity index (χ3v) is 4.22. The van der Waals surface area contributed by atoms with Crippen LogP contribution in [-0.2, 0) is 6.54 Å². The van der Waals surface area contributed by atoms with Crippen molar-refractivity contribution >= 4 is 5.91 Å². The molecule has 0 saturated carbocycles. The summed E-state index contributed by atoms with van der Waals surface area (Å²) in [5.41, 5.74) is 2.34. The zero-order chi connectivity index (χ0) is 18.7. The van der Waals surface area contributed by atoms with Crippen LogP contribution in [0.15, 0.2) is 34.9 Å². The number of rotatable bonds is 6. The molecule has 0 aliphatic heterocycles. The lowest BCUT2D eigenvalue weighted by Crippen LogP contribution is -2.32. The molecule has 3 rings (SSSR count). The van der Waals surface area contributed by atoms with Gasteiger partial charge in [0.2, 0.25) is 0 Å². The Labute approximate surface area is 151 Å². The molecule has 0 saturated heterocycles. The Kier molecular flexibility index (Phi) is 5.11. The van der Waals surface area contributed by atoms with Crippen LogP contribution in [-0.4, -0.2) is 31.3 Å². The molecule has 1 amide bonds. The zero-order valence-corrected chi connectivity index (χ0v) is 15.3. The van der Waals surface area contributed by atoms with Crippen LogP contribution in [0.3, 0.4) is 0 Å². The molecule has 1 unspecified atom stereocenters. The number of carbonyl (C=O) groups excluding carboxylic acids is 1. The van der Waals surface area contributed by atoms with Gasteiger partial charge in [-0.05, 0) is 37.1 Å². The fourth-order valence-electron chi connectivity index (χ4n) is 2.66. The molecule has 2 heterocycles. The van der Waals surface area contributed by atoms with Gasteiger partial charge in [-0.2, -0.15) is 4.80 Å². The lowest BCUT2D eigenvalue weighted by Gasteiger charge is -2.19. The van der Waals surface area contributed by atoms with Crippen molar-refractivity contribution in [2.45, 2.75) is 40.3 Å². The average Bonchev–Trinajstić information content (AvgIpc) is 3.22. The molecular weight excluding hydrogens is 332 g/mol. The molecule has 0 fully saturated rings. The van der Waals surface area contributed by atoms with Crippen LogP contribution in [0.4, 0.5) is 0 Å². The largest absolute Gasteiger partial charge is 0.361 e. The summed E-state index contributed by atoms with van der Waals surface area (Å²) in [6.45, 7) is 8.16. The molecule has 1 aromatic carbocycles. The molecule has 1 N–H and O–H groups in total. The zero-order valence-electron chi connectivity index (χ0n) is 15.3. The van der Waals surface area contributed by atoms with Crippen molar-refractivity contribution < 1.29 is 9.32 Å². The number of carbonyl (C=O) groups is 1. The monoisotopic (exact) mass is 354 g/mol. The Morgan fingerprint density at radius 2 is 1.96 bits per heavy atom. The van der Waals surface area contributed by atoms with Gasteiger partial charge in [-0.1, -0.05) is 37.2 Å². The van der Waals surface area contributed by atoms with Gasteiger partial charge < -0.3 is 9.84 Å². The molecule has 0 aliphatic rings. The number of hydrogen-bond acceptors (Lipinski definition) is 6. The standard InChI is InChI=1S/C18H22N6O2/c1-11(2)16(19-18(25)14-8-6-5-7-9-14)17-20-23-24(21-17)10-15-12(3)22-26-13(15)4/h5-9,11,16H,10H2,1-4H3,(H,19,25). The lowest BCUT2D eigenvalue weighted by molar-refractivity contribution is 0.0923. The van der Waals surface area contributed by atoms with E-state index in [0.29, 0.717) is 17.9 Å². The summed E-state index contributed by atoms with van der Waals surface area (Å²) in [5, 5.41) is 19.6. The number of nitrogens with one attached hydrogen (secondary N) is 1. The molecule has 0 radical (unpaired) electrons. The van der Waals surface area contributed by atoms with Crippen LogP contribution < -0.4 is 5.32 Å². The Hall–Kier alpha value is -3.03. The van der Waals surface area contributed by atoms with Gasteiger partial charge in [0.05, 0.1) is 18.3 Å². The summed E-state index contributed by atoms with van der Waals surface area (Å²) in [6.07, 6.45) is 0. The summed E-state index contributed by atoms with van der Waals surface area (Å²) in [5.74, 6) is 1.17. The van der Waals surface area contributed by atoms with E-state index < -0.39 is 0 Å². The number of hydrogen-bond donors (Lipinski definition) is 1. The van der Waals surface area contributed by atoms with Crippen molar-refractivity contribution in [3.63, 3.8) is 0 Å². The van der Waals surface area contributed by atoms with E-state index in [9.17, 15) is 4.79 Å². The summed E-state index contributed by atoms with van der Waals surface area (Å²) in [6, 6.07) is 8.75. The molecule has 0 bridgehead atoms. The van der Waals surface area contributed by atoms with Crippen molar-refractivity contribution in [1.29, 1.82) is 0 Å². The van der Waals surface area contributed by atoms with Gasteiger partial charge in [0.1, 0.15) is 5.76 Å². The number of aromatic nitrogens is 5. The van der Waals surface area contributed by atoms with Gasteiger partial charge >= 0.3 is 0 Å². The Morgan fingerprint density at radius 3 is 2.58 bits per heavy atom. The molecule has 8 nitrogen and oxygen atoms in total. The topological polar surface area (TPSA) is 98.7 Å². The Balaban J connectivity index is 1.77. The highest BCUT2D eigenvalue weighted by molar-refractivity contribution is 5.94. The first-order valence-electron chi connectivity index (χ1n) is 8.51. The van der Waals surface area contributed by atoms with E-state index in [1.165, 1.54) is 4.80 Å². The van der Waals surface area contributed by atoms with Crippen molar-refractivity contribution in [2.24, 2.45) is 5.92 Å². The minimum absolute atomic E-state index is 0.111. The van der Waals surface area contributed by atoms with Gasteiger partial charge in [-0.15, -0.1) is 10.2 Å². The van der Waals surface area contributed by atoms with Crippen LogP contribution in [0.2, 0.25) is 0 Å². The van der Waals surface area contributed by atoms with E-state index in [1.807, 2.05) is 45.9 Å². The van der Waals surface area contributed by atoms with Gasteiger partial charge in [0.15, 0.2) is 5.82 Å². The third-order valence-electron chi connectivity index (χ3n) is 4.22. The first-order chi connectivity index (χ1) is 12.5. The predicted octanol–water partition coefficient (Wildman–Crippen LogP) is 2.45. The van der Waals surface area contributed by atoms with E-state index in [4.69, 9.17) is 4.52 Å². The van der Waals surface area contributed by atoms with Crippen LogP contribution in [0.25, 0.3) is 0 Å². The number of nitrogens with zero attached hydrogens (tertiary/aromatic N) is 5. The second kappa shape index (κ2) is 7.47. The molecule has 2 aromatic heterocycles. The Bertz CT molecular complexity index is 865. The molecule has 0 aliphatic carbocycles. The highest BCUT2D eigenvalue weighted by Gasteiger charge is 2.24. The van der Waals surface area contributed by atoms with Gasteiger partial charge in [-0.3, -0.25) is 4.79 Å². The van der Waals surface area contributed by atoms with Crippen LogP contribution in [0.1, 0.15) is 53.1 Å². The number of aryl methyl sites for hydroxylation is 2. The molecule has 26 heavy (non-hydrogen) atoms. The van der Waals surface area contributed by atoms with E-state index in [0.717, 1.165) is 17.0 Å². The average molecular weight is 354 g/mol. The molecule has 1 atom stereocenters. The summed E-state index contributed by atoms with van der Waals surface area (Å²) < 4.78 is 5.17. The van der Waals surface area contributed by atoms with E-state index in [1.54, 1.807) is 12.1 Å². The Morgan fingerprint density at radius 1 is 1.23 bits per heavy atom. The summed E-state index contributed by atoms with van der Waals surface area (Å²) in [7, 11) is 0. The molecule has 3 aromatic rings. The highest BCUT2D eigenvalue weighted by atomic mass is 16.5. The van der Waals surface area contributed by atoms with Crippen molar-refractivity contribution in [2.75, 3.05) is 0 Å². The second-order valence-electron chi connectivity index (χ2n) is 6.54. The van der Waals surface area contributed by atoms with E-state index in [-0.39, 0.29) is 17.9 Å². The van der Waals surface area contributed by atoms with Crippen LogP contribution in [0, 0.1) is 19.8 Å². The lowest BCUT2D eigenvalue weighted by atomic mass is 10.0. The van der Waals surface area contributed by atoms with Crippen molar-refractivity contribution in [3.05, 3.63) is 58.7 Å². The molecular formula is C18H22N6O2. The fourth-order valence-corrected chi connectivity index (χ4v) is 2.66. The van der Waals surface area contributed by atoms with Crippen molar-refractivity contribution in [3.8, 4) is 0 Å². The van der Waals surface area contributed by atoms with Gasteiger partial charge in [-0.25, -0.2) is 0 Å². The maximum atomic E-state index is 12.5. The fraction of sp³-hybridized carbons (Fsp3) is 0.389. The minimum atomic E-state index is -0.332. The smallest absolute Gasteiger partial charge is 0.251 e. The first kappa shape index (κ1) is 17.8. The molecule has 136 valence electrons. The first-order valence-corrected chi connectivity index (χ1v) is 8.51.